The first-order valence-electron chi connectivity index (χ1n) is 5.62. The van der Waals surface area contributed by atoms with Crippen molar-refractivity contribution in [1.82, 2.24) is 4.90 Å². The van der Waals surface area contributed by atoms with Gasteiger partial charge in [-0.1, -0.05) is 0 Å². The number of thioether (sulfide) groups is 1. The predicted molar refractivity (Wildman–Crippen MR) is 81.1 cm³/mol. The number of thiophene rings is 1. The van der Waals surface area contributed by atoms with Crippen LogP contribution in [0.3, 0.4) is 0 Å². The van der Waals surface area contributed by atoms with Crippen molar-refractivity contribution in [1.29, 1.82) is 0 Å². The lowest BCUT2D eigenvalue weighted by molar-refractivity contribution is 0.456. The highest BCUT2D eigenvalue weighted by Crippen LogP contribution is 2.22. The van der Waals surface area contributed by atoms with E-state index in [1.807, 2.05) is 11.8 Å². The second kappa shape index (κ2) is 6.66. The monoisotopic (exact) mass is 333 g/mol. The van der Waals surface area contributed by atoms with Crippen molar-refractivity contribution in [2.45, 2.75) is 6.42 Å². The van der Waals surface area contributed by atoms with E-state index < -0.39 is 0 Å². The van der Waals surface area contributed by atoms with Crippen LogP contribution >= 0.6 is 39.0 Å². The van der Waals surface area contributed by atoms with Crippen molar-refractivity contribution in [3.63, 3.8) is 0 Å². The summed E-state index contributed by atoms with van der Waals surface area (Å²) in [6, 6.07) is 4.22. The van der Waals surface area contributed by atoms with Gasteiger partial charge in [0.2, 0.25) is 0 Å². The zero-order valence-corrected chi connectivity index (χ0v) is 12.8. The SMILES string of the molecule is NC(=NCCc1ccc(Br)s1)N1CCSCC1. The van der Waals surface area contributed by atoms with E-state index in [1.54, 1.807) is 11.3 Å². The van der Waals surface area contributed by atoms with Gasteiger partial charge in [0.1, 0.15) is 0 Å². The minimum atomic E-state index is 0.709. The van der Waals surface area contributed by atoms with Gasteiger partial charge in [0.25, 0.3) is 0 Å². The Bertz CT molecular complexity index is 386. The molecule has 1 aliphatic heterocycles. The summed E-state index contributed by atoms with van der Waals surface area (Å²) in [5.41, 5.74) is 5.98. The maximum absolute atomic E-state index is 5.98. The van der Waals surface area contributed by atoms with E-state index in [0.717, 1.165) is 37.6 Å². The van der Waals surface area contributed by atoms with E-state index in [-0.39, 0.29) is 0 Å². The van der Waals surface area contributed by atoms with Gasteiger partial charge in [0.15, 0.2) is 5.96 Å². The molecular formula is C11H16BrN3S2. The number of aliphatic imine (C=N–C) groups is 1. The third kappa shape index (κ3) is 4.19. The second-order valence-corrected chi connectivity index (χ2v) is 7.57. The van der Waals surface area contributed by atoms with Crippen LogP contribution < -0.4 is 5.73 Å². The largest absolute Gasteiger partial charge is 0.370 e. The smallest absolute Gasteiger partial charge is 0.191 e. The Labute approximate surface area is 119 Å². The minimum absolute atomic E-state index is 0.709. The van der Waals surface area contributed by atoms with Crippen molar-refractivity contribution in [3.8, 4) is 0 Å². The topological polar surface area (TPSA) is 41.6 Å². The second-order valence-electron chi connectivity index (χ2n) is 3.80. The van der Waals surface area contributed by atoms with Crippen LogP contribution in [0.5, 0.6) is 0 Å². The van der Waals surface area contributed by atoms with E-state index in [4.69, 9.17) is 5.73 Å². The molecule has 1 aliphatic rings. The number of nitrogens with zero attached hydrogens (tertiary/aromatic N) is 2. The summed E-state index contributed by atoms with van der Waals surface area (Å²) in [6.45, 7) is 2.84. The number of hydrogen-bond acceptors (Lipinski definition) is 3. The van der Waals surface area contributed by atoms with E-state index >= 15 is 0 Å². The fraction of sp³-hybridized carbons (Fsp3) is 0.545. The van der Waals surface area contributed by atoms with Gasteiger partial charge in [0.05, 0.1) is 3.79 Å². The maximum atomic E-state index is 5.98. The third-order valence-electron chi connectivity index (χ3n) is 2.60. The average Bonchev–Trinajstić information content (AvgIpc) is 2.76. The molecule has 94 valence electrons. The predicted octanol–water partition coefficient (Wildman–Crippen LogP) is 2.42. The normalized spacial score (nSPS) is 17.5. The van der Waals surface area contributed by atoms with Crippen LogP contribution in [0.2, 0.25) is 0 Å². The van der Waals surface area contributed by atoms with Gasteiger partial charge in [-0.15, -0.1) is 11.3 Å². The summed E-state index contributed by atoms with van der Waals surface area (Å²) >= 11 is 7.21. The van der Waals surface area contributed by atoms with Crippen molar-refractivity contribution >= 4 is 45.0 Å². The Hall–Kier alpha value is -0.200. The molecule has 0 radical (unpaired) electrons. The molecule has 0 aromatic carbocycles. The molecule has 2 N–H and O–H groups in total. The summed E-state index contributed by atoms with van der Waals surface area (Å²) in [7, 11) is 0. The molecule has 0 unspecified atom stereocenters. The van der Waals surface area contributed by atoms with Gasteiger partial charge in [-0.25, -0.2) is 0 Å². The van der Waals surface area contributed by atoms with E-state index in [0.29, 0.717) is 5.96 Å². The van der Waals surface area contributed by atoms with Crippen LogP contribution in [-0.4, -0.2) is 42.0 Å². The van der Waals surface area contributed by atoms with Crippen molar-refractivity contribution < 1.29 is 0 Å². The molecule has 17 heavy (non-hydrogen) atoms. The van der Waals surface area contributed by atoms with Gasteiger partial charge < -0.3 is 10.6 Å². The van der Waals surface area contributed by atoms with Crippen molar-refractivity contribution in [2.75, 3.05) is 31.1 Å². The lowest BCUT2D eigenvalue weighted by Gasteiger charge is -2.27. The first-order chi connectivity index (χ1) is 8.25. The molecular weight excluding hydrogens is 318 g/mol. The molecule has 0 bridgehead atoms. The zero-order chi connectivity index (χ0) is 12.1. The third-order valence-corrected chi connectivity index (χ3v) is 5.22. The van der Waals surface area contributed by atoms with Gasteiger partial charge >= 0.3 is 0 Å². The Kier molecular flexibility index (Phi) is 5.18. The lowest BCUT2D eigenvalue weighted by atomic mass is 10.3. The van der Waals surface area contributed by atoms with Gasteiger partial charge in [-0.2, -0.15) is 11.8 Å². The summed E-state index contributed by atoms with van der Waals surface area (Å²) < 4.78 is 1.18. The molecule has 0 amide bonds. The number of nitrogens with two attached hydrogens (primary N) is 1. The number of rotatable bonds is 3. The first-order valence-corrected chi connectivity index (χ1v) is 8.39. The quantitative estimate of drug-likeness (QED) is 0.682. The number of hydrogen-bond donors (Lipinski definition) is 1. The molecule has 1 aromatic heterocycles. The fourth-order valence-corrected chi connectivity index (χ4v) is 4.03. The standard InChI is InChI=1S/C11H16BrN3S2/c12-10-2-1-9(17-10)3-4-14-11(13)15-5-7-16-8-6-15/h1-2H,3-8H2,(H2,13,14). The van der Waals surface area contributed by atoms with Crippen LogP contribution in [0.25, 0.3) is 0 Å². The molecule has 0 aliphatic carbocycles. The molecule has 3 nitrogen and oxygen atoms in total. The van der Waals surface area contributed by atoms with Crippen LogP contribution in [0.15, 0.2) is 20.9 Å². The minimum Gasteiger partial charge on any atom is -0.370 e. The Balaban J connectivity index is 1.79. The lowest BCUT2D eigenvalue weighted by Crippen LogP contribution is -2.42. The highest BCUT2D eigenvalue weighted by Gasteiger charge is 2.11. The molecule has 2 rings (SSSR count). The highest BCUT2D eigenvalue weighted by atomic mass is 79.9. The van der Waals surface area contributed by atoms with E-state index in [2.05, 4.69) is 38.0 Å². The van der Waals surface area contributed by atoms with Gasteiger partial charge in [0, 0.05) is 42.4 Å². The highest BCUT2D eigenvalue weighted by molar-refractivity contribution is 9.11. The van der Waals surface area contributed by atoms with E-state index in [9.17, 15) is 0 Å². The number of halogens is 1. The van der Waals surface area contributed by atoms with Crippen LogP contribution in [0.4, 0.5) is 0 Å². The number of guanidine groups is 1. The fourth-order valence-electron chi connectivity index (χ4n) is 1.66. The molecule has 0 spiro atoms. The Morgan fingerprint density at radius 3 is 2.82 bits per heavy atom. The van der Waals surface area contributed by atoms with E-state index in [1.165, 1.54) is 8.66 Å². The van der Waals surface area contributed by atoms with Crippen LogP contribution in [-0.2, 0) is 6.42 Å². The van der Waals surface area contributed by atoms with Gasteiger partial charge in [-0.3, -0.25) is 4.99 Å². The zero-order valence-electron chi connectivity index (χ0n) is 9.56. The Morgan fingerprint density at radius 2 is 2.18 bits per heavy atom. The molecule has 2 heterocycles. The molecule has 0 atom stereocenters. The maximum Gasteiger partial charge on any atom is 0.191 e. The molecule has 1 aromatic rings. The first kappa shape index (κ1) is 13.2. The van der Waals surface area contributed by atoms with Crippen molar-refractivity contribution in [3.05, 3.63) is 20.8 Å². The van der Waals surface area contributed by atoms with Gasteiger partial charge in [-0.05, 0) is 28.1 Å². The van der Waals surface area contributed by atoms with Crippen molar-refractivity contribution in [2.24, 2.45) is 10.7 Å². The summed E-state index contributed by atoms with van der Waals surface area (Å²) in [5.74, 6) is 3.03. The molecule has 1 fully saturated rings. The molecule has 1 saturated heterocycles. The summed E-state index contributed by atoms with van der Waals surface area (Å²) in [5, 5.41) is 0. The van der Waals surface area contributed by atoms with Crippen LogP contribution in [0.1, 0.15) is 4.88 Å². The van der Waals surface area contributed by atoms with Crippen LogP contribution in [0, 0.1) is 0 Å². The Morgan fingerprint density at radius 1 is 1.41 bits per heavy atom. The molecule has 0 saturated carbocycles. The summed E-state index contributed by atoms with van der Waals surface area (Å²) in [4.78, 5) is 7.99. The summed E-state index contributed by atoms with van der Waals surface area (Å²) in [6.07, 6.45) is 0.972. The molecule has 6 heteroatoms. The average molecular weight is 334 g/mol.